The number of nitrogens with one attached hydrogen (secondary N) is 3. The van der Waals surface area contributed by atoms with E-state index in [0.29, 0.717) is 59.4 Å². The van der Waals surface area contributed by atoms with Crippen molar-refractivity contribution in [3.8, 4) is 45.3 Å². The molecule has 2 aliphatic heterocycles. The van der Waals surface area contributed by atoms with Gasteiger partial charge < -0.3 is 30.3 Å². The van der Waals surface area contributed by atoms with Crippen LogP contribution in [-0.4, -0.2) is 72.6 Å². The van der Waals surface area contributed by atoms with Crippen molar-refractivity contribution >= 4 is 35.0 Å². The van der Waals surface area contributed by atoms with Crippen LogP contribution in [-0.2, 0) is 22.7 Å². The molecule has 0 unspecified atom stereocenters. The van der Waals surface area contributed by atoms with Gasteiger partial charge in [0.05, 0.1) is 35.7 Å². The van der Waals surface area contributed by atoms with Gasteiger partial charge >= 0.3 is 0 Å². The topological polar surface area (TPSA) is 118 Å². The molecule has 4 aromatic rings. The van der Waals surface area contributed by atoms with Crippen molar-refractivity contribution in [2.24, 2.45) is 0 Å². The maximum Gasteiger partial charge on any atom is 0.220 e. The number of hydrogen-bond acceptors (Lipinski definition) is 8. The standard InChI is InChI=1S/C38H42Cl2N6O4/c1-23(47)46-17-14-27(15-18-46)43-21-25-8-7-24(19-33(25)49-2)37-36(40)30(13-16-42-37)29-5-4-6-31(35(29)39)32-11-9-26(38(45-32)50-3)20-41-22-28-10-12-34(48)44-28/h4-9,11,13,16,19,27-28,41,43H,10,12,14-15,17-18,20-22H2,1-3H3,(H,44,48)/t28-/m1/s1. The molecule has 0 radical (unpaired) electrons. The average Bonchev–Trinajstić information content (AvgIpc) is 3.55. The number of hydrogen-bond donors (Lipinski definition) is 3. The summed E-state index contributed by atoms with van der Waals surface area (Å²) in [7, 11) is 3.26. The van der Waals surface area contributed by atoms with Gasteiger partial charge in [0.25, 0.3) is 0 Å². The molecule has 2 amide bonds. The Morgan fingerprint density at radius 3 is 2.42 bits per heavy atom. The summed E-state index contributed by atoms with van der Waals surface area (Å²) < 4.78 is 11.4. The third-order valence-corrected chi connectivity index (χ3v) is 10.2. The van der Waals surface area contributed by atoms with Crippen LogP contribution in [0.2, 0.25) is 10.0 Å². The van der Waals surface area contributed by atoms with Crippen molar-refractivity contribution in [1.29, 1.82) is 0 Å². The monoisotopic (exact) mass is 716 g/mol. The summed E-state index contributed by atoms with van der Waals surface area (Å²) in [6.45, 7) is 5.05. The summed E-state index contributed by atoms with van der Waals surface area (Å²) in [6.07, 6.45) is 4.98. The van der Waals surface area contributed by atoms with E-state index in [1.54, 1.807) is 27.3 Å². The fourth-order valence-electron chi connectivity index (χ4n) is 6.62. The first-order valence-electron chi connectivity index (χ1n) is 16.9. The Morgan fingerprint density at radius 2 is 1.70 bits per heavy atom. The van der Waals surface area contributed by atoms with Crippen LogP contribution in [0.3, 0.4) is 0 Å². The van der Waals surface area contributed by atoms with Gasteiger partial charge in [-0.2, -0.15) is 0 Å². The van der Waals surface area contributed by atoms with Gasteiger partial charge in [-0.1, -0.05) is 59.6 Å². The number of aromatic nitrogens is 2. The van der Waals surface area contributed by atoms with Gasteiger partial charge in [-0.05, 0) is 37.5 Å². The van der Waals surface area contributed by atoms with Crippen molar-refractivity contribution < 1.29 is 19.1 Å². The summed E-state index contributed by atoms with van der Waals surface area (Å²) in [5.74, 6) is 1.47. The maximum absolute atomic E-state index is 11.7. The van der Waals surface area contributed by atoms with Crippen molar-refractivity contribution in [3.05, 3.63) is 82.0 Å². The van der Waals surface area contributed by atoms with Gasteiger partial charge in [0, 0.05) is 97.7 Å². The van der Waals surface area contributed by atoms with Crippen LogP contribution in [0, 0.1) is 0 Å². The number of halogens is 2. The molecule has 262 valence electrons. The lowest BCUT2D eigenvalue weighted by molar-refractivity contribution is -0.130. The number of rotatable bonds is 12. The van der Waals surface area contributed by atoms with Gasteiger partial charge in [-0.3, -0.25) is 14.6 Å². The SMILES string of the molecule is COc1cc(-c2nccc(-c3cccc(-c4ccc(CNC[C@H]5CCC(=O)N5)c(OC)n4)c3Cl)c2Cl)ccc1CNC1CCN(C(C)=O)CC1. The summed E-state index contributed by atoms with van der Waals surface area (Å²) in [5, 5.41) is 11.0. The van der Waals surface area contributed by atoms with E-state index in [4.69, 9.17) is 37.7 Å². The van der Waals surface area contributed by atoms with E-state index in [1.807, 2.05) is 59.5 Å². The van der Waals surface area contributed by atoms with Crippen LogP contribution in [0.15, 0.2) is 60.8 Å². The minimum Gasteiger partial charge on any atom is -0.496 e. The Hall–Kier alpha value is -4.22. The first-order chi connectivity index (χ1) is 24.2. The van der Waals surface area contributed by atoms with Gasteiger partial charge in [-0.25, -0.2) is 4.98 Å². The Kier molecular flexibility index (Phi) is 11.5. The fourth-order valence-corrected chi connectivity index (χ4v) is 7.27. The molecule has 0 saturated carbocycles. The first-order valence-corrected chi connectivity index (χ1v) is 17.6. The van der Waals surface area contributed by atoms with Crippen LogP contribution in [0.25, 0.3) is 33.6 Å². The molecule has 1 atom stereocenters. The summed E-state index contributed by atoms with van der Waals surface area (Å²) >= 11 is 14.2. The van der Waals surface area contributed by atoms with E-state index >= 15 is 0 Å². The minimum absolute atomic E-state index is 0.0991. The number of ether oxygens (including phenoxy) is 2. The number of piperidine rings is 1. The second-order valence-electron chi connectivity index (χ2n) is 12.7. The quantitative estimate of drug-likeness (QED) is 0.157. The van der Waals surface area contributed by atoms with E-state index in [-0.39, 0.29) is 17.9 Å². The van der Waals surface area contributed by atoms with E-state index in [1.165, 1.54) is 0 Å². The smallest absolute Gasteiger partial charge is 0.220 e. The van der Waals surface area contributed by atoms with Crippen molar-refractivity contribution in [2.75, 3.05) is 33.9 Å². The highest BCUT2D eigenvalue weighted by Crippen LogP contribution is 2.42. The molecule has 6 rings (SSSR count). The predicted octanol–water partition coefficient (Wildman–Crippen LogP) is 6.27. The summed E-state index contributed by atoms with van der Waals surface area (Å²) in [6, 6.07) is 18.0. The van der Waals surface area contributed by atoms with Crippen LogP contribution in [0.4, 0.5) is 0 Å². The lowest BCUT2D eigenvalue weighted by atomic mass is 9.99. The second-order valence-corrected chi connectivity index (χ2v) is 13.4. The number of methoxy groups -OCH3 is 2. The summed E-state index contributed by atoms with van der Waals surface area (Å²) in [5.41, 5.74) is 6.30. The number of likely N-dealkylation sites (tertiary alicyclic amines) is 1. The molecule has 3 N–H and O–H groups in total. The largest absolute Gasteiger partial charge is 0.496 e. The molecule has 0 bridgehead atoms. The molecular weight excluding hydrogens is 675 g/mol. The van der Waals surface area contributed by atoms with E-state index in [0.717, 1.165) is 71.5 Å². The predicted molar refractivity (Wildman–Crippen MR) is 196 cm³/mol. The second kappa shape index (κ2) is 16.2. The zero-order valence-electron chi connectivity index (χ0n) is 28.5. The van der Waals surface area contributed by atoms with Crippen LogP contribution in [0.5, 0.6) is 11.6 Å². The average molecular weight is 718 g/mol. The van der Waals surface area contributed by atoms with E-state index < -0.39 is 0 Å². The minimum atomic E-state index is 0.0991. The molecule has 2 aromatic heterocycles. The summed E-state index contributed by atoms with van der Waals surface area (Å²) in [4.78, 5) is 34.5. The molecule has 50 heavy (non-hydrogen) atoms. The zero-order chi connectivity index (χ0) is 35.2. The maximum atomic E-state index is 11.7. The normalized spacial score (nSPS) is 16.4. The van der Waals surface area contributed by atoms with Crippen LogP contribution >= 0.6 is 23.2 Å². The number of pyridine rings is 2. The Balaban J connectivity index is 1.19. The molecule has 2 aliphatic rings. The van der Waals surface area contributed by atoms with Gasteiger partial charge in [0.1, 0.15) is 5.75 Å². The number of benzene rings is 2. The van der Waals surface area contributed by atoms with Crippen molar-refractivity contribution in [1.82, 2.24) is 30.8 Å². The molecule has 10 nitrogen and oxygen atoms in total. The molecule has 0 aliphatic carbocycles. The Morgan fingerprint density at radius 1 is 0.940 bits per heavy atom. The third-order valence-electron chi connectivity index (χ3n) is 9.46. The number of amides is 2. The lowest BCUT2D eigenvalue weighted by Crippen LogP contribution is -2.43. The molecule has 2 saturated heterocycles. The van der Waals surface area contributed by atoms with Crippen molar-refractivity contribution in [2.45, 2.75) is 57.8 Å². The lowest BCUT2D eigenvalue weighted by Gasteiger charge is -2.32. The molecule has 12 heteroatoms. The number of carbonyl (C=O) groups excluding carboxylic acids is 2. The highest BCUT2D eigenvalue weighted by atomic mass is 35.5. The zero-order valence-corrected chi connectivity index (χ0v) is 30.0. The Bertz CT molecular complexity index is 1860. The van der Waals surface area contributed by atoms with Gasteiger partial charge in [0.2, 0.25) is 17.7 Å². The highest BCUT2D eigenvalue weighted by molar-refractivity contribution is 6.39. The fraction of sp³-hybridized carbons (Fsp3) is 0.368. The number of carbonyl (C=O) groups is 2. The van der Waals surface area contributed by atoms with E-state index in [9.17, 15) is 9.59 Å². The first kappa shape index (κ1) is 35.6. The van der Waals surface area contributed by atoms with Gasteiger partial charge in [0.15, 0.2) is 0 Å². The number of nitrogens with zero attached hydrogens (tertiary/aromatic N) is 3. The third kappa shape index (κ3) is 8.05. The molecular formula is C38H42Cl2N6O4. The molecule has 2 aromatic carbocycles. The molecule has 4 heterocycles. The van der Waals surface area contributed by atoms with E-state index in [2.05, 4.69) is 20.9 Å². The molecule has 0 spiro atoms. The highest BCUT2D eigenvalue weighted by Gasteiger charge is 2.23. The molecule has 2 fully saturated rings. The van der Waals surface area contributed by atoms with Gasteiger partial charge in [-0.15, -0.1) is 0 Å². The van der Waals surface area contributed by atoms with Crippen LogP contribution in [0.1, 0.15) is 43.7 Å². The Labute approximate surface area is 302 Å². The van der Waals surface area contributed by atoms with Crippen molar-refractivity contribution in [3.63, 3.8) is 0 Å². The van der Waals surface area contributed by atoms with Crippen LogP contribution < -0.4 is 25.4 Å².